The first kappa shape index (κ1) is 13.7. The van der Waals surface area contributed by atoms with Crippen LogP contribution in [0.5, 0.6) is 0 Å². The molecular formula is C11H21ClN2O2. The lowest BCUT2D eigenvalue weighted by molar-refractivity contribution is -0.138. The lowest BCUT2D eigenvalue weighted by atomic mass is 10.1. The second-order valence-corrected chi connectivity index (χ2v) is 4.52. The van der Waals surface area contributed by atoms with Crippen LogP contribution < -0.4 is 5.32 Å². The fraction of sp³-hybridized carbons (Fsp3) is 0.909. The Morgan fingerprint density at radius 3 is 3.00 bits per heavy atom. The highest BCUT2D eigenvalue weighted by Crippen LogP contribution is 2.12. The maximum Gasteiger partial charge on any atom is 0.224 e. The van der Waals surface area contributed by atoms with Crippen molar-refractivity contribution in [2.45, 2.75) is 38.3 Å². The number of halogens is 1. The molecule has 4 nitrogen and oxygen atoms in total. The normalized spacial score (nSPS) is 29.9. The summed E-state index contributed by atoms with van der Waals surface area (Å²) in [5.41, 5.74) is 0. The summed E-state index contributed by atoms with van der Waals surface area (Å²) < 4.78 is 5.42. The van der Waals surface area contributed by atoms with E-state index in [1.54, 1.807) is 0 Å². The number of carbonyl (C=O) groups excluding carboxylic acids is 1. The molecule has 2 rings (SSSR count). The molecule has 2 aliphatic rings. The molecule has 0 radical (unpaired) electrons. The number of carbonyl (C=O) groups is 1. The van der Waals surface area contributed by atoms with Crippen LogP contribution in [0.1, 0.15) is 26.2 Å². The first-order chi connectivity index (χ1) is 7.25. The largest absolute Gasteiger partial charge is 0.375 e. The molecule has 0 aromatic rings. The standard InChI is InChI=1S/C11H20N2O2.ClH/c1-9-8-13(5-6-15-9)11(14)7-10-3-2-4-12-10;/h9-10,12H,2-8H2,1H3;1H. The molecule has 0 aromatic carbocycles. The first-order valence-electron chi connectivity index (χ1n) is 5.88. The summed E-state index contributed by atoms with van der Waals surface area (Å²) in [6.07, 6.45) is 3.20. The third-order valence-corrected chi connectivity index (χ3v) is 3.18. The number of morpholine rings is 1. The quantitative estimate of drug-likeness (QED) is 0.786. The van der Waals surface area contributed by atoms with Gasteiger partial charge in [0.05, 0.1) is 12.7 Å². The highest BCUT2D eigenvalue weighted by atomic mass is 35.5. The van der Waals surface area contributed by atoms with Crippen LogP contribution in [0.3, 0.4) is 0 Å². The monoisotopic (exact) mass is 248 g/mol. The van der Waals surface area contributed by atoms with Crippen molar-refractivity contribution in [3.05, 3.63) is 0 Å². The van der Waals surface area contributed by atoms with Gasteiger partial charge in [0.2, 0.25) is 5.91 Å². The number of ether oxygens (including phenoxy) is 1. The molecule has 1 N–H and O–H groups in total. The Morgan fingerprint density at radius 1 is 1.56 bits per heavy atom. The molecule has 0 saturated carbocycles. The zero-order chi connectivity index (χ0) is 10.7. The van der Waals surface area contributed by atoms with Gasteiger partial charge in [0.1, 0.15) is 0 Å². The fourth-order valence-corrected chi connectivity index (χ4v) is 2.32. The molecule has 0 aliphatic carbocycles. The Morgan fingerprint density at radius 2 is 2.38 bits per heavy atom. The summed E-state index contributed by atoms with van der Waals surface area (Å²) in [5.74, 6) is 0.282. The van der Waals surface area contributed by atoms with Gasteiger partial charge in [0.15, 0.2) is 0 Å². The summed E-state index contributed by atoms with van der Waals surface area (Å²) in [7, 11) is 0. The van der Waals surface area contributed by atoms with Crippen LogP contribution in [0, 0.1) is 0 Å². The van der Waals surface area contributed by atoms with E-state index in [0.29, 0.717) is 19.1 Å². The number of nitrogens with one attached hydrogen (secondary N) is 1. The lowest BCUT2D eigenvalue weighted by Crippen LogP contribution is -2.46. The Kier molecular flexibility index (Phi) is 5.52. The van der Waals surface area contributed by atoms with Gasteiger partial charge in [-0.1, -0.05) is 0 Å². The highest BCUT2D eigenvalue weighted by Gasteiger charge is 2.24. The van der Waals surface area contributed by atoms with Crippen molar-refractivity contribution in [1.29, 1.82) is 0 Å². The highest BCUT2D eigenvalue weighted by molar-refractivity contribution is 5.85. The van der Waals surface area contributed by atoms with Crippen LogP contribution in [0.2, 0.25) is 0 Å². The van der Waals surface area contributed by atoms with E-state index in [1.807, 2.05) is 11.8 Å². The molecule has 2 unspecified atom stereocenters. The number of amides is 1. The van der Waals surface area contributed by atoms with Crippen molar-refractivity contribution in [1.82, 2.24) is 10.2 Å². The Hall–Kier alpha value is -0.320. The maximum atomic E-state index is 11.9. The first-order valence-corrected chi connectivity index (χ1v) is 5.88. The molecule has 16 heavy (non-hydrogen) atoms. The minimum atomic E-state index is 0. The Balaban J connectivity index is 0.00000128. The minimum Gasteiger partial charge on any atom is -0.375 e. The minimum absolute atomic E-state index is 0. The van der Waals surface area contributed by atoms with E-state index in [4.69, 9.17) is 4.74 Å². The molecule has 1 amide bonds. The lowest BCUT2D eigenvalue weighted by Gasteiger charge is -2.31. The van der Waals surface area contributed by atoms with E-state index < -0.39 is 0 Å². The predicted octanol–water partition coefficient (Wildman–Crippen LogP) is 0.798. The van der Waals surface area contributed by atoms with E-state index in [9.17, 15) is 4.79 Å². The average molecular weight is 249 g/mol. The molecule has 2 fully saturated rings. The molecular weight excluding hydrogens is 228 g/mol. The number of rotatable bonds is 2. The molecule has 2 heterocycles. The number of nitrogens with zero attached hydrogens (tertiary/aromatic N) is 1. The zero-order valence-electron chi connectivity index (χ0n) is 9.78. The maximum absolute atomic E-state index is 11.9. The van der Waals surface area contributed by atoms with Gasteiger partial charge in [0, 0.05) is 25.6 Å². The molecule has 2 saturated heterocycles. The van der Waals surface area contributed by atoms with E-state index in [-0.39, 0.29) is 24.4 Å². The summed E-state index contributed by atoms with van der Waals surface area (Å²) in [5, 5.41) is 3.36. The van der Waals surface area contributed by atoms with Crippen molar-refractivity contribution in [2.75, 3.05) is 26.2 Å². The average Bonchev–Trinajstić information content (AvgIpc) is 2.70. The Bertz CT molecular complexity index is 232. The van der Waals surface area contributed by atoms with Crippen LogP contribution in [-0.2, 0) is 9.53 Å². The van der Waals surface area contributed by atoms with Crippen molar-refractivity contribution in [2.24, 2.45) is 0 Å². The molecule has 94 valence electrons. The van der Waals surface area contributed by atoms with Crippen LogP contribution >= 0.6 is 12.4 Å². The topological polar surface area (TPSA) is 41.6 Å². The van der Waals surface area contributed by atoms with Gasteiger partial charge in [-0.2, -0.15) is 0 Å². The number of hydrogen-bond donors (Lipinski definition) is 1. The summed E-state index contributed by atoms with van der Waals surface area (Å²) in [4.78, 5) is 13.9. The Labute approximate surface area is 103 Å². The third kappa shape index (κ3) is 3.61. The van der Waals surface area contributed by atoms with Crippen molar-refractivity contribution >= 4 is 18.3 Å². The summed E-state index contributed by atoms with van der Waals surface area (Å²) in [6.45, 7) is 5.29. The molecule has 2 aliphatic heterocycles. The van der Waals surface area contributed by atoms with Crippen LogP contribution in [0.4, 0.5) is 0 Å². The van der Waals surface area contributed by atoms with Crippen LogP contribution in [0.15, 0.2) is 0 Å². The van der Waals surface area contributed by atoms with Gasteiger partial charge >= 0.3 is 0 Å². The van der Waals surface area contributed by atoms with Crippen molar-refractivity contribution < 1.29 is 9.53 Å². The van der Waals surface area contributed by atoms with Gasteiger partial charge in [-0.15, -0.1) is 12.4 Å². The van der Waals surface area contributed by atoms with E-state index in [2.05, 4.69) is 5.32 Å². The second kappa shape index (κ2) is 6.42. The fourth-order valence-electron chi connectivity index (χ4n) is 2.32. The van der Waals surface area contributed by atoms with E-state index >= 15 is 0 Å². The van der Waals surface area contributed by atoms with Crippen LogP contribution in [0.25, 0.3) is 0 Å². The smallest absolute Gasteiger partial charge is 0.224 e. The number of hydrogen-bond acceptors (Lipinski definition) is 3. The summed E-state index contributed by atoms with van der Waals surface area (Å²) in [6, 6.07) is 0.413. The molecule has 5 heteroatoms. The SMILES string of the molecule is CC1CN(C(=O)CC2CCCN2)CCO1.Cl. The molecule has 2 atom stereocenters. The van der Waals surface area contributed by atoms with Gasteiger partial charge in [0.25, 0.3) is 0 Å². The van der Waals surface area contributed by atoms with Crippen LogP contribution in [-0.4, -0.2) is 49.2 Å². The predicted molar refractivity (Wildman–Crippen MR) is 64.9 cm³/mol. The van der Waals surface area contributed by atoms with Gasteiger partial charge in [-0.05, 0) is 26.3 Å². The van der Waals surface area contributed by atoms with Gasteiger partial charge in [-0.3, -0.25) is 4.79 Å². The molecule has 0 aromatic heterocycles. The van der Waals surface area contributed by atoms with Gasteiger partial charge < -0.3 is 15.0 Å². The van der Waals surface area contributed by atoms with Crippen molar-refractivity contribution in [3.63, 3.8) is 0 Å². The molecule has 0 spiro atoms. The van der Waals surface area contributed by atoms with Crippen molar-refractivity contribution in [3.8, 4) is 0 Å². The van der Waals surface area contributed by atoms with E-state index in [1.165, 1.54) is 6.42 Å². The van der Waals surface area contributed by atoms with Gasteiger partial charge in [-0.25, -0.2) is 0 Å². The third-order valence-electron chi connectivity index (χ3n) is 3.18. The second-order valence-electron chi connectivity index (χ2n) is 4.52. The summed E-state index contributed by atoms with van der Waals surface area (Å²) >= 11 is 0. The molecule has 0 bridgehead atoms. The van der Waals surface area contributed by atoms with E-state index in [0.717, 1.165) is 26.1 Å². The zero-order valence-corrected chi connectivity index (χ0v) is 10.6.